The molecule has 0 spiro atoms. The minimum Gasteiger partial charge on any atom is -0.383 e. The number of nitrogens with one attached hydrogen (secondary N) is 3. The molecule has 1 aromatic carbocycles. The average Bonchev–Trinajstić information content (AvgIpc) is 3.16. The van der Waals surface area contributed by atoms with Gasteiger partial charge in [0.15, 0.2) is 5.96 Å². The summed E-state index contributed by atoms with van der Waals surface area (Å²) in [5.74, 6) is 0.463. The van der Waals surface area contributed by atoms with Gasteiger partial charge in [-0.1, -0.05) is 24.3 Å². The number of carbonyl (C=O) groups excluding carboxylic acids is 1. The van der Waals surface area contributed by atoms with Crippen LogP contribution in [0.3, 0.4) is 0 Å². The van der Waals surface area contributed by atoms with E-state index in [-0.39, 0.29) is 36.4 Å². The summed E-state index contributed by atoms with van der Waals surface area (Å²) in [6.07, 6.45) is 3.71. The van der Waals surface area contributed by atoms with Crippen LogP contribution < -0.4 is 16.0 Å². The third-order valence-corrected chi connectivity index (χ3v) is 3.72. The molecule has 0 radical (unpaired) electrons. The molecule has 0 atom stereocenters. The molecule has 148 valence electrons. The van der Waals surface area contributed by atoms with E-state index in [1.807, 2.05) is 29.1 Å². The number of nitrogens with zero attached hydrogens (tertiary/aromatic N) is 3. The number of carbonyl (C=O) groups is 1. The number of rotatable bonds is 9. The number of benzene rings is 1. The van der Waals surface area contributed by atoms with Crippen molar-refractivity contribution in [2.75, 3.05) is 33.9 Å². The number of halogens is 1. The topological polar surface area (TPSA) is 92.6 Å². The van der Waals surface area contributed by atoms with E-state index < -0.39 is 0 Å². The summed E-state index contributed by atoms with van der Waals surface area (Å²) in [5.41, 5.74) is 2.33. The highest BCUT2D eigenvalue weighted by Crippen LogP contribution is 2.10. The normalized spacial score (nSPS) is 10.8. The number of hydrogen-bond acceptors (Lipinski definition) is 4. The molecule has 0 saturated carbocycles. The fourth-order valence-corrected chi connectivity index (χ4v) is 2.37. The Kier molecular flexibility index (Phi) is 11.1. The van der Waals surface area contributed by atoms with E-state index in [9.17, 15) is 4.79 Å². The first kappa shape index (κ1) is 22.9. The van der Waals surface area contributed by atoms with E-state index in [1.54, 1.807) is 20.4 Å². The second-order valence-electron chi connectivity index (χ2n) is 5.59. The largest absolute Gasteiger partial charge is 0.383 e. The fraction of sp³-hybridized carbons (Fsp3) is 0.389. The van der Waals surface area contributed by atoms with Gasteiger partial charge in [0, 0.05) is 39.6 Å². The van der Waals surface area contributed by atoms with Crippen molar-refractivity contribution in [2.45, 2.75) is 13.1 Å². The Balaban J connectivity index is 0.00000364. The minimum absolute atomic E-state index is 0. The quantitative estimate of drug-likeness (QED) is 0.213. The van der Waals surface area contributed by atoms with Gasteiger partial charge in [-0.05, 0) is 17.2 Å². The molecule has 8 nitrogen and oxygen atoms in total. The van der Waals surface area contributed by atoms with Crippen molar-refractivity contribution in [3.63, 3.8) is 0 Å². The summed E-state index contributed by atoms with van der Waals surface area (Å²) in [6, 6.07) is 10.1. The molecule has 3 N–H and O–H groups in total. The predicted octanol–water partition coefficient (Wildman–Crippen LogP) is 0.977. The van der Waals surface area contributed by atoms with Gasteiger partial charge in [-0.2, -0.15) is 5.10 Å². The summed E-state index contributed by atoms with van der Waals surface area (Å²) in [5, 5.41) is 13.2. The molecule has 1 aromatic heterocycles. The fourth-order valence-electron chi connectivity index (χ4n) is 2.37. The number of methoxy groups -OCH3 is 1. The van der Waals surface area contributed by atoms with E-state index >= 15 is 0 Å². The lowest BCUT2D eigenvalue weighted by atomic mass is 10.1. The lowest BCUT2D eigenvalue weighted by Gasteiger charge is -2.14. The smallest absolute Gasteiger partial charge is 0.239 e. The Hall–Kier alpha value is -2.14. The van der Waals surface area contributed by atoms with E-state index in [1.165, 1.54) is 5.56 Å². The van der Waals surface area contributed by atoms with Crippen LogP contribution in [0.15, 0.2) is 47.7 Å². The zero-order valence-corrected chi connectivity index (χ0v) is 18.0. The van der Waals surface area contributed by atoms with Gasteiger partial charge >= 0.3 is 0 Å². The highest BCUT2D eigenvalue weighted by Gasteiger charge is 2.06. The summed E-state index contributed by atoms with van der Waals surface area (Å²) < 4.78 is 6.78. The van der Waals surface area contributed by atoms with Crippen molar-refractivity contribution in [1.29, 1.82) is 0 Å². The number of ether oxygens (including phenoxy) is 1. The van der Waals surface area contributed by atoms with Gasteiger partial charge in [0.05, 0.1) is 19.7 Å². The van der Waals surface area contributed by atoms with Crippen molar-refractivity contribution in [3.8, 4) is 0 Å². The Morgan fingerprint density at radius 2 is 1.96 bits per heavy atom. The van der Waals surface area contributed by atoms with Crippen molar-refractivity contribution in [2.24, 2.45) is 4.99 Å². The molecule has 27 heavy (non-hydrogen) atoms. The standard InChI is InChI=1S/C18H26N6O2.HI/c1-19-18(22-13-17(25)20-9-11-26-2)21-12-15-6-3-4-7-16(15)14-24-10-5-8-23-24;/h3-8,10H,9,11-14H2,1-2H3,(H,20,25)(H2,19,21,22);1H. The van der Waals surface area contributed by atoms with Gasteiger partial charge in [-0.15, -0.1) is 24.0 Å². The lowest BCUT2D eigenvalue weighted by molar-refractivity contribution is -0.120. The first-order valence-corrected chi connectivity index (χ1v) is 8.47. The van der Waals surface area contributed by atoms with Crippen LogP contribution in [0.5, 0.6) is 0 Å². The molecule has 0 aliphatic heterocycles. The number of aliphatic imine (C=N–C) groups is 1. The molecule has 0 aliphatic rings. The first-order valence-electron chi connectivity index (χ1n) is 8.47. The zero-order chi connectivity index (χ0) is 18.6. The monoisotopic (exact) mass is 486 g/mol. The van der Waals surface area contributed by atoms with Gasteiger partial charge in [-0.25, -0.2) is 0 Å². The van der Waals surface area contributed by atoms with Gasteiger partial charge < -0.3 is 20.7 Å². The Bertz CT molecular complexity index is 706. The van der Waals surface area contributed by atoms with E-state index in [4.69, 9.17) is 4.74 Å². The van der Waals surface area contributed by atoms with Crippen LogP contribution >= 0.6 is 24.0 Å². The molecule has 9 heteroatoms. The van der Waals surface area contributed by atoms with Crippen LogP contribution in [0.4, 0.5) is 0 Å². The maximum Gasteiger partial charge on any atom is 0.239 e. The molecule has 2 rings (SSSR count). The second-order valence-corrected chi connectivity index (χ2v) is 5.59. The lowest BCUT2D eigenvalue weighted by Crippen LogP contribution is -2.43. The summed E-state index contributed by atoms with van der Waals surface area (Å²) in [6.45, 7) is 2.44. The molecule has 1 amide bonds. The van der Waals surface area contributed by atoms with Gasteiger partial charge in [0.1, 0.15) is 0 Å². The van der Waals surface area contributed by atoms with Crippen LogP contribution in [0.2, 0.25) is 0 Å². The van der Waals surface area contributed by atoms with Gasteiger partial charge in [-0.3, -0.25) is 14.5 Å². The molecule has 0 fully saturated rings. The summed E-state index contributed by atoms with van der Waals surface area (Å²) >= 11 is 0. The zero-order valence-electron chi connectivity index (χ0n) is 15.6. The van der Waals surface area contributed by atoms with Crippen molar-refractivity contribution < 1.29 is 9.53 Å². The summed E-state index contributed by atoms with van der Waals surface area (Å²) in [4.78, 5) is 15.9. The molecule has 0 unspecified atom stereocenters. The second kappa shape index (κ2) is 13.1. The van der Waals surface area contributed by atoms with Crippen LogP contribution in [-0.2, 0) is 22.6 Å². The third kappa shape index (κ3) is 8.39. The van der Waals surface area contributed by atoms with Crippen LogP contribution in [0.1, 0.15) is 11.1 Å². The Labute approximate surface area is 176 Å². The van der Waals surface area contributed by atoms with E-state index in [0.717, 1.165) is 5.56 Å². The number of amides is 1. The number of guanidine groups is 1. The molecule has 0 saturated heterocycles. The van der Waals surface area contributed by atoms with E-state index in [0.29, 0.717) is 32.2 Å². The number of aromatic nitrogens is 2. The molecule has 2 aromatic rings. The Morgan fingerprint density at radius 3 is 2.63 bits per heavy atom. The van der Waals surface area contributed by atoms with Crippen molar-refractivity contribution in [3.05, 3.63) is 53.9 Å². The highest BCUT2D eigenvalue weighted by atomic mass is 127. The van der Waals surface area contributed by atoms with Crippen LogP contribution in [0.25, 0.3) is 0 Å². The maximum absolute atomic E-state index is 11.7. The third-order valence-electron chi connectivity index (χ3n) is 3.72. The Morgan fingerprint density at radius 1 is 1.19 bits per heavy atom. The van der Waals surface area contributed by atoms with Crippen molar-refractivity contribution >= 4 is 35.8 Å². The molecule has 0 aliphatic carbocycles. The molecule has 1 heterocycles. The van der Waals surface area contributed by atoms with Crippen molar-refractivity contribution in [1.82, 2.24) is 25.7 Å². The maximum atomic E-state index is 11.7. The van der Waals surface area contributed by atoms with Crippen LogP contribution in [0, 0.1) is 0 Å². The number of hydrogen-bond donors (Lipinski definition) is 3. The van der Waals surface area contributed by atoms with Crippen LogP contribution in [-0.4, -0.2) is 55.5 Å². The minimum atomic E-state index is -0.107. The highest BCUT2D eigenvalue weighted by molar-refractivity contribution is 14.0. The SMILES string of the molecule is CN=C(NCC(=O)NCCOC)NCc1ccccc1Cn1cccn1.I. The summed E-state index contributed by atoms with van der Waals surface area (Å²) in [7, 11) is 3.27. The van der Waals surface area contributed by atoms with Gasteiger partial charge in [0.2, 0.25) is 5.91 Å². The molecular formula is C18H27IN6O2. The van der Waals surface area contributed by atoms with E-state index in [2.05, 4.69) is 38.2 Å². The van der Waals surface area contributed by atoms with Gasteiger partial charge in [0.25, 0.3) is 0 Å². The predicted molar refractivity (Wildman–Crippen MR) is 116 cm³/mol. The molecule has 0 bridgehead atoms. The first-order chi connectivity index (χ1) is 12.7. The molecular weight excluding hydrogens is 459 g/mol. The average molecular weight is 486 g/mol.